The molecule has 0 fully saturated rings. The van der Waals surface area contributed by atoms with E-state index in [0.29, 0.717) is 10.8 Å². The van der Waals surface area contributed by atoms with Gasteiger partial charge in [-0.05, 0) is 18.2 Å². The molecule has 8 heteroatoms. The van der Waals surface area contributed by atoms with Crippen LogP contribution < -0.4 is 11.1 Å². The van der Waals surface area contributed by atoms with Crippen LogP contribution in [-0.2, 0) is 11.8 Å². The van der Waals surface area contributed by atoms with Crippen molar-refractivity contribution >= 4 is 29.0 Å². The highest BCUT2D eigenvalue weighted by molar-refractivity contribution is 7.99. The highest BCUT2D eigenvalue weighted by Crippen LogP contribution is 2.20. The first-order chi connectivity index (χ1) is 9.06. The molecule has 1 amide bonds. The Morgan fingerprint density at radius 3 is 3.05 bits per heavy atom. The smallest absolute Gasteiger partial charge is 0.234 e. The van der Waals surface area contributed by atoms with Crippen molar-refractivity contribution in [2.24, 2.45) is 7.05 Å². The van der Waals surface area contributed by atoms with E-state index in [1.165, 1.54) is 36.3 Å². The Bertz CT molecular complexity index is 601. The fraction of sp³-hybridized carbons (Fsp3) is 0.182. The molecular formula is C11H12FN5OS. The lowest BCUT2D eigenvalue weighted by atomic mass is 10.2. The van der Waals surface area contributed by atoms with E-state index in [1.807, 2.05) is 0 Å². The van der Waals surface area contributed by atoms with E-state index in [9.17, 15) is 9.18 Å². The molecule has 1 aromatic carbocycles. The number of rotatable bonds is 4. The van der Waals surface area contributed by atoms with Gasteiger partial charge in [-0.25, -0.2) is 14.1 Å². The number of carbonyl (C=O) groups is 1. The van der Waals surface area contributed by atoms with E-state index in [1.54, 1.807) is 11.7 Å². The maximum absolute atomic E-state index is 13.0. The van der Waals surface area contributed by atoms with E-state index in [2.05, 4.69) is 15.4 Å². The van der Waals surface area contributed by atoms with Gasteiger partial charge in [0.1, 0.15) is 12.1 Å². The van der Waals surface area contributed by atoms with Crippen molar-refractivity contribution in [2.45, 2.75) is 5.16 Å². The van der Waals surface area contributed by atoms with Crippen LogP contribution in [-0.4, -0.2) is 26.4 Å². The van der Waals surface area contributed by atoms with Gasteiger partial charge in [0.05, 0.1) is 17.1 Å². The number of nitrogens with one attached hydrogen (secondary N) is 1. The maximum Gasteiger partial charge on any atom is 0.234 e. The fourth-order valence-corrected chi connectivity index (χ4v) is 2.06. The summed E-state index contributed by atoms with van der Waals surface area (Å²) in [6.45, 7) is 0. The molecule has 2 rings (SSSR count). The Morgan fingerprint density at radius 1 is 1.58 bits per heavy atom. The van der Waals surface area contributed by atoms with E-state index >= 15 is 0 Å². The Morgan fingerprint density at radius 2 is 2.37 bits per heavy atom. The average Bonchev–Trinajstić information content (AvgIpc) is 2.77. The molecule has 2 aromatic rings. The van der Waals surface area contributed by atoms with Crippen molar-refractivity contribution in [3.63, 3.8) is 0 Å². The summed E-state index contributed by atoms with van der Waals surface area (Å²) in [5, 5.41) is 7.07. The van der Waals surface area contributed by atoms with Gasteiger partial charge in [0, 0.05) is 7.05 Å². The molecule has 0 unspecified atom stereocenters. The number of thioether (sulfide) groups is 1. The number of amides is 1. The van der Waals surface area contributed by atoms with Crippen LogP contribution in [0.2, 0.25) is 0 Å². The molecule has 19 heavy (non-hydrogen) atoms. The molecule has 0 aliphatic rings. The third-order valence-corrected chi connectivity index (χ3v) is 3.33. The maximum atomic E-state index is 13.0. The zero-order valence-electron chi connectivity index (χ0n) is 10.1. The number of aromatic nitrogens is 3. The lowest BCUT2D eigenvalue weighted by molar-refractivity contribution is -0.113. The zero-order chi connectivity index (χ0) is 13.8. The van der Waals surface area contributed by atoms with Gasteiger partial charge in [0.15, 0.2) is 5.16 Å². The summed E-state index contributed by atoms with van der Waals surface area (Å²) in [4.78, 5) is 15.7. The number of anilines is 2. The molecule has 0 atom stereocenters. The number of nitrogen functional groups attached to an aromatic ring is 1. The molecule has 0 aliphatic carbocycles. The predicted octanol–water partition coefficient (Wildman–Crippen LogP) is 1.27. The Hall–Kier alpha value is -2.09. The Labute approximate surface area is 113 Å². The van der Waals surface area contributed by atoms with Gasteiger partial charge in [-0.2, -0.15) is 5.10 Å². The molecule has 1 aromatic heterocycles. The third-order valence-electron chi connectivity index (χ3n) is 2.29. The minimum absolute atomic E-state index is 0.141. The van der Waals surface area contributed by atoms with Crippen molar-refractivity contribution in [2.75, 3.05) is 16.8 Å². The minimum atomic E-state index is -0.453. The molecule has 1 heterocycles. The Balaban J connectivity index is 1.94. The SMILES string of the molecule is Cn1ncnc1SCC(=O)Nc1cc(F)ccc1N. The molecule has 0 spiro atoms. The third kappa shape index (κ3) is 3.44. The molecule has 100 valence electrons. The predicted molar refractivity (Wildman–Crippen MR) is 71.2 cm³/mol. The molecule has 6 nitrogen and oxygen atoms in total. The molecule has 3 N–H and O–H groups in total. The number of nitrogens with two attached hydrogens (primary N) is 1. The van der Waals surface area contributed by atoms with Crippen LogP contribution in [0.4, 0.5) is 15.8 Å². The number of benzene rings is 1. The van der Waals surface area contributed by atoms with Gasteiger partial charge in [0.25, 0.3) is 0 Å². The molecule has 0 saturated heterocycles. The summed E-state index contributed by atoms with van der Waals surface area (Å²) in [6.07, 6.45) is 1.41. The number of nitrogens with zero attached hydrogens (tertiary/aromatic N) is 3. The van der Waals surface area contributed by atoms with Crippen LogP contribution in [0, 0.1) is 5.82 Å². The van der Waals surface area contributed by atoms with Gasteiger partial charge >= 0.3 is 0 Å². The molecule has 0 saturated carbocycles. The molecular weight excluding hydrogens is 269 g/mol. The number of aryl methyl sites for hydroxylation is 1. The van der Waals surface area contributed by atoms with Gasteiger partial charge in [-0.3, -0.25) is 4.79 Å². The monoisotopic (exact) mass is 281 g/mol. The van der Waals surface area contributed by atoms with E-state index < -0.39 is 5.82 Å². The van der Waals surface area contributed by atoms with E-state index in [-0.39, 0.29) is 17.3 Å². The topological polar surface area (TPSA) is 85.8 Å². The number of hydrogen-bond donors (Lipinski definition) is 2. The average molecular weight is 281 g/mol. The highest BCUT2D eigenvalue weighted by atomic mass is 32.2. The molecule has 0 aliphatic heterocycles. The summed E-state index contributed by atoms with van der Waals surface area (Å²) in [6, 6.07) is 3.82. The molecule has 0 radical (unpaired) electrons. The van der Waals surface area contributed by atoms with Crippen molar-refractivity contribution in [3.8, 4) is 0 Å². The summed E-state index contributed by atoms with van der Waals surface area (Å²) < 4.78 is 14.6. The van der Waals surface area contributed by atoms with Gasteiger partial charge < -0.3 is 11.1 Å². The van der Waals surface area contributed by atoms with Crippen molar-refractivity contribution < 1.29 is 9.18 Å². The fourth-order valence-electron chi connectivity index (χ4n) is 1.37. The van der Waals surface area contributed by atoms with Crippen LogP contribution in [0.3, 0.4) is 0 Å². The highest BCUT2D eigenvalue weighted by Gasteiger charge is 2.09. The van der Waals surface area contributed by atoms with E-state index in [0.717, 1.165) is 0 Å². The van der Waals surface area contributed by atoms with E-state index in [4.69, 9.17) is 5.73 Å². The minimum Gasteiger partial charge on any atom is -0.397 e. The summed E-state index contributed by atoms with van der Waals surface area (Å²) in [7, 11) is 1.73. The largest absolute Gasteiger partial charge is 0.397 e. The van der Waals surface area contributed by atoms with Crippen LogP contribution in [0.1, 0.15) is 0 Å². The first-order valence-corrected chi connectivity index (χ1v) is 6.36. The normalized spacial score (nSPS) is 10.4. The van der Waals surface area contributed by atoms with Gasteiger partial charge in [-0.1, -0.05) is 11.8 Å². The zero-order valence-corrected chi connectivity index (χ0v) is 10.9. The lowest BCUT2D eigenvalue weighted by Gasteiger charge is -2.07. The quantitative estimate of drug-likeness (QED) is 0.651. The number of halogens is 1. The summed E-state index contributed by atoms with van der Waals surface area (Å²) >= 11 is 1.23. The van der Waals surface area contributed by atoms with Crippen LogP contribution in [0.5, 0.6) is 0 Å². The van der Waals surface area contributed by atoms with Crippen LogP contribution >= 0.6 is 11.8 Å². The van der Waals surface area contributed by atoms with Crippen LogP contribution in [0.15, 0.2) is 29.7 Å². The second-order valence-corrected chi connectivity index (χ2v) is 4.68. The first kappa shape index (κ1) is 13.3. The Kier molecular flexibility index (Phi) is 4.00. The second kappa shape index (κ2) is 5.70. The van der Waals surface area contributed by atoms with Crippen LogP contribution in [0.25, 0.3) is 0 Å². The first-order valence-electron chi connectivity index (χ1n) is 5.38. The standard InChI is InChI=1S/C11H12FN5OS/c1-17-11(14-6-15-17)19-5-10(18)16-9-4-7(12)2-3-8(9)13/h2-4,6H,5,13H2,1H3,(H,16,18). The number of carbonyl (C=O) groups excluding carboxylic acids is 1. The summed E-state index contributed by atoms with van der Waals surface area (Å²) in [5.74, 6) is -0.599. The van der Waals surface area contributed by atoms with Crippen molar-refractivity contribution in [1.82, 2.24) is 14.8 Å². The molecule has 0 bridgehead atoms. The summed E-state index contributed by atoms with van der Waals surface area (Å²) in [5.41, 5.74) is 6.22. The van der Waals surface area contributed by atoms with Gasteiger partial charge in [0.2, 0.25) is 5.91 Å². The van der Waals surface area contributed by atoms with Crippen molar-refractivity contribution in [3.05, 3.63) is 30.3 Å². The van der Waals surface area contributed by atoms with Crippen molar-refractivity contribution in [1.29, 1.82) is 0 Å². The lowest BCUT2D eigenvalue weighted by Crippen LogP contribution is -2.15. The number of hydrogen-bond acceptors (Lipinski definition) is 5. The second-order valence-electron chi connectivity index (χ2n) is 3.73. The van der Waals surface area contributed by atoms with Gasteiger partial charge in [-0.15, -0.1) is 0 Å².